The molecule has 3 atom stereocenters. The molecule has 0 saturated heterocycles. The van der Waals surface area contributed by atoms with Crippen molar-refractivity contribution in [3.05, 3.63) is 60.7 Å². The second-order valence-corrected chi connectivity index (χ2v) is 8.38. The summed E-state index contributed by atoms with van der Waals surface area (Å²) in [5.74, 6) is 0.441. The first-order valence-electron chi connectivity index (χ1n) is 7.85. The van der Waals surface area contributed by atoms with Crippen LogP contribution in [0.25, 0.3) is 0 Å². The van der Waals surface area contributed by atoms with Gasteiger partial charge in [-0.2, -0.15) is 0 Å². The van der Waals surface area contributed by atoms with E-state index in [9.17, 15) is 5.11 Å². The van der Waals surface area contributed by atoms with E-state index in [0.717, 1.165) is 0 Å². The molecule has 0 bridgehead atoms. The zero-order chi connectivity index (χ0) is 14.7. The van der Waals surface area contributed by atoms with Gasteiger partial charge in [-0.3, -0.25) is 0 Å². The molecule has 21 heavy (non-hydrogen) atoms. The summed E-state index contributed by atoms with van der Waals surface area (Å²) in [6.45, 7) is 1.96. The molecule has 3 rings (SSSR count). The van der Waals surface area contributed by atoms with Crippen molar-refractivity contribution in [2.75, 3.05) is 0 Å². The van der Waals surface area contributed by atoms with Crippen LogP contribution in [0.1, 0.15) is 26.2 Å². The summed E-state index contributed by atoms with van der Waals surface area (Å²) < 4.78 is 0. The van der Waals surface area contributed by atoms with E-state index in [4.69, 9.17) is 0 Å². The molecule has 1 aliphatic rings. The summed E-state index contributed by atoms with van der Waals surface area (Å²) in [4.78, 5) is 0. The molecule has 0 radical (unpaired) electrons. The molecule has 1 fully saturated rings. The van der Waals surface area contributed by atoms with Crippen LogP contribution in [-0.2, 0) is 0 Å². The van der Waals surface area contributed by atoms with Gasteiger partial charge in [-0.05, 0) is 49.9 Å². The molecule has 0 spiro atoms. The summed E-state index contributed by atoms with van der Waals surface area (Å²) in [7, 11) is -0.384. The molecule has 0 aliphatic heterocycles. The molecule has 0 amide bonds. The Morgan fingerprint density at radius 1 is 0.905 bits per heavy atom. The molecular weight excluding hydrogens is 275 g/mol. The summed E-state index contributed by atoms with van der Waals surface area (Å²) >= 11 is 0. The Hall–Kier alpha value is -1.17. The highest BCUT2D eigenvalue weighted by Gasteiger charge is 2.37. The van der Waals surface area contributed by atoms with Gasteiger partial charge in [-0.1, -0.05) is 67.1 Å². The Morgan fingerprint density at radius 3 is 1.90 bits per heavy atom. The normalized spacial score (nSPS) is 23.4. The van der Waals surface area contributed by atoms with Crippen LogP contribution in [0.4, 0.5) is 0 Å². The topological polar surface area (TPSA) is 20.2 Å². The van der Waals surface area contributed by atoms with Gasteiger partial charge in [-0.15, -0.1) is 0 Å². The Morgan fingerprint density at radius 2 is 1.43 bits per heavy atom. The van der Waals surface area contributed by atoms with Crippen molar-refractivity contribution in [3.8, 4) is 0 Å². The van der Waals surface area contributed by atoms with Crippen LogP contribution in [0, 0.1) is 5.92 Å². The first kappa shape index (κ1) is 14.8. The number of hydrogen-bond acceptors (Lipinski definition) is 1. The summed E-state index contributed by atoms with van der Waals surface area (Å²) in [6, 6.07) is 21.8. The zero-order valence-electron chi connectivity index (χ0n) is 12.5. The summed E-state index contributed by atoms with van der Waals surface area (Å²) in [5, 5.41) is 13.1. The number of aliphatic hydroxyl groups is 1. The second-order valence-electron chi connectivity index (χ2n) is 5.94. The first-order valence-corrected chi connectivity index (χ1v) is 9.26. The largest absolute Gasteiger partial charge is 0.393 e. The molecule has 1 saturated carbocycles. The first-order chi connectivity index (χ1) is 10.3. The van der Waals surface area contributed by atoms with E-state index in [0.29, 0.717) is 11.6 Å². The maximum Gasteiger partial charge on any atom is 0.0546 e. The Labute approximate surface area is 128 Å². The van der Waals surface area contributed by atoms with Gasteiger partial charge in [0.1, 0.15) is 0 Å². The quantitative estimate of drug-likeness (QED) is 0.854. The number of rotatable bonds is 4. The van der Waals surface area contributed by atoms with E-state index in [-0.39, 0.29) is 14.0 Å². The van der Waals surface area contributed by atoms with Crippen molar-refractivity contribution in [3.63, 3.8) is 0 Å². The van der Waals surface area contributed by atoms with Gasteiger partial charge in [-0.25, -0.2) is 0 Å². The predicted octanol–water partition coefficient (Wildman–Crippen LogP) is 3.67. The van der Waals surface area contributed by atoms with E-state index >= 15 is 0 Å². The van der Waals surface area contributed by atoms with Crippen LogP contribution in [0.2, 0.25) is 0 Å². The lowest BCUT2D eigenvalue weighted by atomic mass is 10.0. The van der Waals surface area contributed by atoms with Gasteiger partial charge in [0, 0.05) is 0 Å². The highest BCUT2D eigenvalue weighted by atomic mass is 31.1. The van der Waals surface area contributed by atoms with Crippen molar-refractivity contribution >= 4 is 18.5 Å². The highest BCUT2D eigenvalue weighted by Crippen LogP contribution is 2.50. The minimum absolute atomic E-state index is 0.199. The van der Waals surface area contributed by atoms with Crippen LogP contribution in [-0.4, -0.2) is 16.9 Å². The lowest BCUT2D eigenvalue weighted by Crippen LogP contribution is -2.30. The van der Waals surface area contributed by atoms with Crippen LogP contribution in [0.5, 0.6) is 0 Å². The lowest BCUT2D eigenvalue weighted by Gasteiger charge is -2.31. The van der Waals surface area contributed by atoms with Crippen molar-refractivity contribution < 1.29 is 5.11 Å². The van der Waals surface area contributed by atoms with Crippen LogP contribution in [0.3, 0.4) is 0 Å². The monoisotopic (exact) mass is 298 g/mol. The minimum atomic E-state index is -0.384. The van der Waals surface area contributed by atoms with Gasteiger partial charge in [0.2, 0.25) is 0 Å². The molecule has 2 aromatic carbocycles. The van der Waals surface area contributed by atoms with Crippen molar-refractivity contribution in [2.24, 2.45) is 5.92 Å². The maximum atomic E-state index is 10.2. The van der Waals surface area contributed by atoms with Crippen LogP contribution >= 0.6 is 7.92 Å². The molecule has 110 valence electrons. The van der Waals surface area contributed by atoms with E-state index in [1.165, 1.54) is 29.9 Å². The van der Waals surface area contributed by atoms with Crippen LogP contribution in [0.15, 0.2) is 60.7 Å². The van der Waals surface area contributed by atoms with Gasteiger partial charge in [0.25, 0.3) is 0 Å². The molecule has 2 heteroatoms. The minimum Gasteiger partial charge on any atom is -0.393 e. The smallest absolute Gasteiger partial charge is 0.0546 e. The fourth-order valence-corrected chi connectivity index (χ4v) is 6.83. The molecule has 1 nitrogen and oxygen atoms in total. The predicted molar refractivity (Wildman–Crippen MR) is 91.9 cm³/mol. The van der Waals surface area contributed by atoms with Gasteiger partial charge in [0.05, 0.1) is 6.10 Å². The van der Waals surface area contributed by atoms with Gasteiger partial charge >= 0.3 is 0 Å². The van der Waals surface area contributed by atoms with Crippen molar-refractivity contribution in [2.45, 2.75) is 37.9 Å². The third-order valence-electron chi connectivity index (χ3n) is 4.55. The number of benzene rings is 2. The molecular formula is C19H23OP. The molecule has 0 heterocycles. The van der Waals surface area contributed by atoms with E-state index < -0.39 is 0 Å². The standard InChI is InChI=1S/C19H23OP/c1-15(20)18-13-8-14-19(18)21(16-9-4-2-5-10-16)17-11-6-3-7-12-17/h2-7,9-12,15,18-20H,8,13-14H2,1H3/t15?,18-,19-/m0/s1. The van der Waals surface area contributed by atoms with Crippen molar-refractivity contribution in [1.82, 2.24) is 0 Å². The van der Waals surface area contributed by atoms with E-state index in [1.54, 1.807) is 0 Å². The van der Waals surface area contributed by atoms with Gasteiger partial charge in [0.15, 0.2) is 0 Å². The van der Waals surface area contributed by atoms with Gasteiger partial charge < -0.3 is 5.11 Å². The third kappa shape index (κ3) is 3.20. The highest BCUT2D eigenvalue weighted by molar-refractivity contribution is 7.73. The SMILES string of the molecule is CC(O)[C@@H]1CCC[C@@H]1P(c1ccccc1)c1ccccc1. The molecule has 0 aromatic heterocycles. The van der Waals surface area contributed by atoms with E-state index in [1.807, 2.05) is 6.92 Å². The van der Waals surface area contributed by atoms with Crippen LogP contribution < -0.4 is 10.6 Å². The maximum absolute atomic E-state index is 10.2. The molecule has 1 N–H and O–H groups in total. The average Bonchev–Trinajstić information content (AvgIpc) is 2.99. The number of hydrogen-bond donors (Lipinski definition) is 1. The third-order valence-corrected chi connectivity index (χ3v) is 7.56. The fraction of sp³-hybridized carbons (Fsp3) is 0.368. The Kier molecular flexibility index (Phi) is 4.73. The summed E-state index contributed by atoms with van der Waals surface area (Å²) in [6.07, 6.45) is 3.46. The molecule has 1 aliphatic carbocycles. The Bertz CT molecular complexity index is 513. The molecule has 2 aromatic rings. The lowest BCUT2D eigenvalue weighted by molar-refractivity contribution is 0.131. The second kappa shape index (κ2) is 6.73. The van der Waals surface area contributed by atoms with Crippen molar-refractivity contribution in [1.29, 1.82) is 0 Å². The summed E-state index contributed by atoms with van der Waals surface area (Å²) in [5.41, 5.74) is 0.602. The van der Waals surface area contributed by atoms with E-state index in [2.05, 4.69) is 60.7 Å². The molecule has 1 unspecified atom stereocenters. The Balaban J connectivity index is 2.01. The fourth-order valence-electron chi connectivity index (χ4n) is 3.56. The average molecular weight is 298 g/mol. The zero-order valence-corrected chi connectivity index (χ0v) is 13.4. The number of aliphatic hydroxyl groups excluding tert-OH is 1.